The van der Waals surface area contributed by atoms with Gasteiger partial charge in [-0.1, -0.05) is 32.4 Å². The Labute approximate surface area is 117 Å². The van der Waals surface area contributed by atoms with Gasteiger partial charge in [0.05, 0.1) is 11.1 Å². The maximum atomic E-state index is 12.3. The van der Waals surface area contributed by atoms with Crippen LogP contribution in [0.4, 0.5) is 0 Å². The topological polar surface area (TPSA) is 74.7 Å². The second kappa shape index (κ2) is 5.45. The molecule has 1 aromatic rings. The highest BCUT2D eigenvalue weighted by Gasteiger charge is 2.42. The summed E-state index contributed by atoms with van der Waals surface area (Å²) < 4.78 is 0. The molecule has 1 N–H and O–H groups in total. The van der Waals surface area contributed by atoms with Gasteiger partial charge in [0.15, 0.2) is 0 Å². The van der Waals surface area contributed by atoms with Crippen molar-refractivity contribution in [1.29, 1.82) is 0 Å². The Morgan fingerprint density at radius 3 is 2.10 bits per heavy atom. The normalized spacial score (nSPS) is 17.0. The number of nitrogens with zero attached hydrogens (tertiary/aromatic N) is 1. The third kappa shape index (κ3) is 2.31. The average Bonchev–Trinajstić information content (AvgIpc) is 2.69. The molecule has 0 bridgehead atoms. The van der Waals surface area contributed by atoms with Crippen LogP contribution in [0.25, 0.3) is 0 Å². The van der Waals surface area contributed by atoms with E-state index in [2.05, 4.69) is 0 Å². The highest BCUT2D eigenvalue weighted by atomic mass is 16.4. The molecule has 1 aromatic carbocycles. The minimum Gasteiger partial charge on any atom is -0.480 e. The highest BCUT2D eigenvalue weighted by molar-refractivity contribution is 6.22. The Balaban J connectivity index is 2.35. The number of aliphatic carboxylic acids is 1. The van der Waals surface area contributed by atoms with E-state index < -0.39 is 23.8 Å². The quantitative estimate of drug-likeness (QED) is 0.836. The first-order valence-corrected chi connectivity index (χ1v) is 6.67. The Hall–Kier alpha value is -2.17. The third-order valence-electron chi connectivity index (χ3n) is 3.74. The second-order valence-corrected chi connectivity index (χ2v) is 5.13. The van der Waals surface area contributed by atoms with Crippen molar-refractivity contribution in [3.8, 4) is 0 Å². The summed E-state index contributed by atoms with van der Waals surface area (Å²) in [5.41, 5.74) is 0.570. The molecule has 0 radical (unpaired) electrons. The molecule has 0 aliphatic carbocycles. The van der Waals surface area contributed by atoms with E-state index in [1.807, 2.05) is 13.8 Å². The van der Waals surface area contributed by atoms with Gasteiger partial charge in [-0.15, -0.1) is 0 Å². The smallest absolute Gasteiger partial charge is 0.326 e. The van der Waals surface area contributed by atoms with Crippen molar-refractivity contribution in [3.63, 3.8) is 0 Å². The van der Waals surface area contributed by atoms with Crippen LogP contribution in [0.15, 0.2) is 24.3 Å². The van der Waals surface area contributed by atoms with Crippen molar-refractivity contribution in [2.75, 3.05) is 0 Å². The molecule has 20 heavy (non-hydrogen) atoms. The summed E-state index contributed by atoms with van der Waals surface area (Å²) in [4.78, 5) is 36.9. The Morgan fingerprint density at radius 1 is 1.20 bits per heavy atom. The van der Waals surface area contributed by atoms with Gasteiger partial charge < -0.3 is 5.11 Å². The van der Waals surface area contributed by atoms with Crippen LogP contribution in [0, 0.1) is 5.92 Å². The number of carbonyl (C=O) groups is 3. The van der Waals surface area contributed by atoms with Crippen LogP contribution < -0.4 is 0 Å². The van der Waals surface area contributed by atoms with Crippen LogP contribution in [0.5, 0.6) is 0 Å². The molecule has 0 spiro atoms. The van der Waals surface area contributed by atoms with E-state index in [-0.39, 0.29) is 23.5 Å². The number of benzene rings is 1. The molecule has 1 heterocycles. The van der Waals surface area contributed by atoms with E-state index in [0.717, 1.165) is 11.3 Å². The lowest BCUT2D eigenvalue weighted by molar-refractivity contribution is -0.142. The maximum absolute atomic E-state index is 12.3. The summed E-state index contributed by atoms with van der Waals surface area (Å²) >= 11 is 0. The molecule has 106 valence electrons. The van der Waals surface area contributed by atoms with Crippen LogP contribution in [0.3, 0.4) is 0 Å². The first kappa shape index (κ1) is 14.2. The minimum absolute atomic E-state index is 0.125. The van der Waals surface area contributed by atoms with Crippen molar-refractivity contribution in [2.24, 2.45) is 5.92 Å². The lowest BCUT2D eigenvalue weighted by Crippen LogP contribution is -2.45. The molecular formula is C15H17NO4. The molecule has 5 heteroatoms. The fourth-order valence-electron chi connectivity index (χ4n) is 2.36. The number of amides is 2. The summed E-state index contributed by atoms with van der Waals surface area (Å²) in [6.45, 7) is 3.86. The zero-order valence-corrected chi connectivity index (χ0v) is 11.5. The average molecular weight is 275 g/mol. The Bertz CT molecular complexity index is 532. The van der Waals surface area contributed by atoms with Gasteiger partial charge in [0.1, 0.15) is 6.04 Å². The first-order valence-electron chi connectivity index (χ1n) is 6.67. The fourth-order valence-corrected chi connectivity index (χ4v) is 2.36. The number of imide groups is 1. The van der Waals surface area contributed by atoms with E-state index in [4.69, 9.17) is 0 Å². The van der Waals surface area contributed by atoms with Gasteiger partial charge in [-0.2, -0.15) is 0 Å². The van der Waals surface area contributed by atoms with Crippen LogP contribution in [0.2, 0.25) is 0 Å². The number of hydrogen-bond donors (Lipinski definition) is 1. The predicted octanol–water partition coefficient (Wildman–Crippen LogP) is 2.17. The minimum atomic E-state index is -1.14. The number of carboxylic acids is 1. The predicted molar refractivity (Wildman–Crippen MR) is 72.4 cm³/mol. The van der Waals surface area contributed by atoms with Gasteiger partial charge in [-0.25, -0.2) is 4.79 Å². The standard InChI is InChI=1S/C15H17NO4/c1-3-9(2)8-12(15(19)20)16-13(17)10-6-4-5-7-11(10)14(16)18/h4-7,9,12H,3,8H2,1-2H3,(H,19,20). The second-order valence-electron chi connectivity index (χ2n) is 5.13. The van der Waals surface area contributed by atoms with Crippen molar-refractivity contribution < 1.29 is 19.5 Å². The molecule has 0 saturated carbocycles. The molecule has 0 fully saturated rings. The van der Waals surface area contributed by atoms with Gasteiger partial charge >= 0.3 is 5.97 Å². The Morgan fingerprint density at radius 2 is 1.70 bits per heavy atom. The summed E-state index contributed by atoms with van der Waals surface area (Å²) in [6, 6.07) is 5.34. The van der Waals surface area contributed by atoms with Crippen molar-refractivity contribution in [3.05, 3.63) is 35.4 Å². The molecule has 2 amide bonds. The van der Waals surface area contributed by atoms with Gasteiger partial charge in [0.2, 0.25) is 0 Å². The van der Waals surface area contributed by atoms with Gasteiger partial charge in [-0.05, 0) is 24.5 Å². The number of carbonyl (C=O) groups excluding carboxylic acids is 2. The largest absolute Gasteiger partial charge is 0.480 e. The summed E-state index contributed by atoms with van der Waals surface area (Å²) in [5, 5.41) is 9.35. The molecule has 0 saturated heterocycles. The zero-order valence-electron chi connectivity index (χ0n) is 11.5. The van der Waals surface area contributed by atoms with E-state index >= 15 is 0 Å². The summed E-state index contributed by atoms with van der Waals surface area (Å²) in [6.07, 6.45) is 1.07. The summed E-state index contributed by atoms with van der Waals surface area (Å²) in [7, 11) is 0. The van der Waals surface area contributed by atoms with E-state index in [1.54, 1.807) is 24.3 Å². The van der Waals surface area contributed by atoms with E-state index in [1.165, 1.54) is 0 Å². The molecule has 1 aliphatic heterocycles. The fraction of sp³-hybridized carbons (Fsp3) is 0.400. The maximum Gasteiger partial charge on any atom is 0.326 e. The molecule has 2 unspecified atom stereocenters. The molecule has 2 rings (SSSR count). The highest BCUT2D eigenvalue weighted by Crippen LogP contribution is 2.27. The lowest BCUT2D eigenvalue weighted by atomic mass is 9.98. The number of hydrogen-bond acceptors (Lipinski definition) is 3. The van der Waals surface area contributed by atoms with Crippen LogP contribution in [-0.4, -0.2) is 33.8 Å². The van der Waals surface area contributed by atoms with Gasteiger partial charge in [-0.3, -0.25) is 14.5 Å². The molecule has 2 atom stereocenters. The van der Waals surface area contributed by atoms with Crippen molar-refractivity contribution >= 4 is 17.8 Å². The molecule has 0 aromatic heterocycles. The van der Waals surface area contributed by atoms with Crippen LogP contribution in [0.1, 0.15) is 47.4 Å². The van der Waals surface area contributed by atoms with Crippen LogP contribution >= 0.6 is 0 Å². The van der Waals surface area contributed by atoms with Crippen LogP contribution in [-0.2, 0) is 4.79 Å². The van der Waals surface area contributed by atoms with Gasteiger partial charge in [0, 0.05) is 0 Å². The number of rotatable bonds is 5. The zero-order chi connectivity index (χ0) is 14.9. The van der Waals surface area contributed by atoms with Crippen molar-refractivity contribution in [1.82, 2.24) is 4.90 Å². The van der Waals surface area contributed by atoms with Crippen molar-refractivity contribution in [2.45, 2.75) is 32.7 Å². The summed E-state index contributed by atoms with van der Waals surface area (Å²) in [5.74, 6) is -2.04. The molecular weight excluding hydrogens is 258 g/mol. The number of fused-ring (bicyclic) bond motifs is 1. The molecule has 1 aliphatic rings. The monoisotopic (exact) mass is 275 g/mol. The molecule has 5 nitrogen and oxygen atoms in total. The van der Waals surface area contributed by atoms with E-state index in [9.17, 15) is 19.5 Å². The first-order chi connectivity index (χ1) is 9.47. The number of carboxylic acid groups (broad SMARTS) is 1. The SMILES string of the molecule is CCC(C)CC(C(=O)O)N1C(=O)c2ccccc2C1=O. The van der Waals surface area contributed by atoms with Gasteiger partial charge in [0.25, 0.3) is 11.8 Å². The van der Waals surface area contributed by atoms with E-state index in [0.29, 0.717) is 0 Å². The third-order valence-corrected chi connectivity index (χ3v) is 3.74. The Kier molecular flexibility index (Phi) is 3.88. The lowest BCUT2D eigenvalue weighted by Gasteiger charge is -2.24.